The van der Waals surface area contributed by atoms with Crippen LogP contribution in [0.1, 0.15) is 25.6 Å². The fourth-order valence-corrected chi connectivity index (χ4v) is 2.84. The van der Waals surface area contributed by atoms with Gasteiger partial charge in [0.2, 0.25) is 0 Å². The number of rotatable bonds is 3. The number of thiophene rings is 1. The maximum absolute atomic E-state index is 11.9. The SMILES string of the molecule is Cc1ccc(NC(=O)c2ccc(Br)s2)cc1C(=O)O. The zero-order chi connectivity index (χ0) is 14.0. The van der Waals surface area contributed by atoms with Crippen LogP contribution in [-0.2, 0) is 0 Å². The Morgan fingerprint density at radius 2 is 2.00 bits per heavy atom. The molecule has 2 aromatic rings. The lowest BCUT2D eigenvalue weighted by Gasteiger charge is -2.06. The molecule has 0 spiro atoms. The zero-order valence-corrected chi connectivity index (χ0v) is 12.3. The molecule has 1 heterocycles. The molecule has 1 aromatic carbocycles. The van der Waals surface area contributed by atoms with Crippen molar-refractivity contribution in [1.29, 1.82) is 0 Å². The van der Waals surface area contributed by atoms with Crippen LogP contribution >= 0.6 is 27.3 Å². The van der Waals surface area contributed by atoms with E-state index >= 15 is 0 Å². The predicted octanol–water partition coefficient (Wildman–Crippen LogP) is 3.77. The van der Waals surface area contributed by atoms with Gasteiger partial charge in [0.05, 0.1) is 14.2 Å². The number of hydrogen-bond donors (Lipinski definition) is 2. The van der Waals surface area contributed by atoms with Crippen molar-refractivity contribution in [1.82, 2.24) is 0 Å². The van der Waals surface area contributed by atoms with Gasteiger partial charge in [0.25, 0.3) is 5.91 Å². The van der Waals surface area contributed by atoms with Gasteiger partial charge in [-0.1, -0.05) is 6.07 Å². The summed E-state index contributed by atoms with van der Waals surface area (Å²) in [7, 11) is 0. The molecular weight excluding hydrogens is 330 g/mol. The number of halogens is 1. The average Bonchev–Trinajstić information content (AvgIpc) is 2.78. The summed E-state index contributed by atoms with van der Waals surface area (Å²) in [5, 5.41) is 11.7. The first-order chi connectivity index (χ1) is 8.97. The van der Waals surface area contributed by atoms with E-state index in [1.54, 1.807) is 31.2 Å². The number of anilines is 1. The third kappa shape index (κ3) is 3.21. The summed E-state index contributed by atoms with van der Waals surface area (Å²) in [6, 6.07) is 8.30. The van der Waals surface area contributed by atoms with Gasteiger partial charge in [-0.3, -0.25) is 4.79 Å². The fraction of sp³-hybridized carbons (Fsp3) is 0.0769. The molecule has 2 rings (SSSR count). The summed E-state index contributed by atoms with van der Waals surface area (Å²) in [6.45, 7) is 1.71. The maximum Gasteiger partial charge on any atom is 0.336 e. The minimum Gasteiger partial charge on any atom is -0.478 e. The van der Waals surface area contributed by atoms with E-state index in [0.29, 0.717) is 16.1 Å². The molecule has 0 aliphatic carbocycles. The van der Waals surface area contributed by atoms with Crippen LogP contribution in [0.15, 0.2) is 34.1 Å². The molecule has 0 atom stereocenters. The van der Waals surface area contributed by atoms with Crippen molar-refractivity contribution in [3.8, 4) is 0 Å². The number of amides is 1. The van der Waals surface area contributed by atoms with Crippen LogP contribution in [0.4, 0.5) is 5.69 Å². The van der Waals surface area contributed by atoms with Gasteiger partial charge in [-0.15, -0.1) is 11.3 Å². The van der Waals surface area contributed by atoms with Crippen molar-refractivity contribution in [2.45, 2.75) is 6.92 Å². The van der Waals surface area contributed by atoms with Crippen LogP contribution in [0.3, 0.4) is 0 Å². The van der Waals surface area contributed by atoms with Crippen molar-refractivity contribution < 1.29 is 14.7 Å². The Balaban J connectivity index is 2.22. The average molecular weight is 340 g/mol. The van der Waals surface area contributed by atoms with E-state index in [2.05, 4.69) is 21.2 Å². The molecule has 6 heteroatoms. The first kappa shape index (κ1) is 13.8. The molecule has 1 amide bonds. The normalized spacial score (nSPS) is 10.2. The largest absolute Gasteiger partial charge is 0.478 e. The van der Waals surface area contributed by atoms with Gasteiger partial charge in [-0.05, 0) is 52.7 Å². The Morgan fingerprint density at radius 1 is 1.26 bits per heavy atom. The van der Waals surface area contributed by atoms with Gasteiger partial charge in [0.15, 0.2) is 0 Å². The van der Waals surface area contributed by atoms with Crippen molar-refractivity contribution >= 4 is 44.8 Å². The molecule has 0 aliphatic rings. The van der Waals surface area contributed by atoms with Gasteiger partial charge in [0, 0.05) is 5.69 Å². The second-order valence-electron chi connectivity index (χ2n) is 3.89. The lowest BCUT2D eigenvalue weighted by atomic mass is 10.1. The van der Waals surface area contributed by atoms with Crippen LogP contribution in [0.2, 0.25) is 0 Å². The third-order valence-electron chi connectivity index (χ3n) is 2.52. The van der Waals surface area contributed by atoms with E-state index in [1.807, 2.05) is 0 Å². The minimum absolute atomic E-state index is 0.185. The zero-order valence-electron chi connectivity index (χ0n) is 9.94. The molecule has 0 unspecified atom stereocenters. The van der Waals surface area contributed by atoms with E-state index in [9.17, 15) is 9.59 Å². The summed E-state index contributed by atoms with van der Waals surface area (Å²) < 4.78 is 0.868. The number of nitrogens with one attached hydrogen (secondary N) is 1. The Morgan fingerprint density at radius 3 is 2.58 bits per heavy atom. The lowest BCUT2D eigenvalue weighted by Crippen LogP contribution is -2.11. The Bertz CT molecular complexity index is 651. The molecule has 1 aromatic heterocycles. The molecule has 2 N–H and O–H groups in total. The number of aromatic carboxylic acids is 1. The number of aryl methyl sites for hydroxylation is 1. The second-order valence-corrected chi connectivity index (χ2v) is 6.36. The van der Waals surface area contributed by atoms with E-state index in [4.69, 9.17) is 5.11 Å². The fourth-order valence-electron chi connectivity index (χ4n) is 1.56. The molecule has 98 valence electrons. The Hall–Kier alpha value is -1.66. The van der Waals surface area contributed by atoms with Crippen LogP contribution in [0.25, 0.3) is 0 Å². The first-order valence-corrected chi connectivity index (χ1v) is 6.99. The monoisotopic (exact) mass is 339 g/mol. The molecule has 19 heavy (non-hydrogen) atoms. The number of carboxylic acid groups (broad SMARTS) is 1. The van der Waals surface area contributed by atoms with E-state index in [1.165, 1.54) is 17.4 Å². The third-order valence-corrected chi connectivity index (χ3v) is 4.15. The molecular formula is C13H10BrNO3S. The summed E-state index contributed by atoms with van der Waals surface area (Å²) in [6.07, 6.45) is 0. The highest BCUT2D eigenvalue weighted by Gasteiger charge is 2.12. The number of benzene rings is 1. The van der Waals surface area contributed by atoms with Gasteiger partial charge < -0.3 is 10.4 Å². The van der Waals surface area contributed by atoms with E-state index in [-0.39, 0.29) is 11.5 Å². The highest BCUT2D eigenvalue weighted by molar-refractivity contribution is 9.11. The van der Waals surface area contributed by atoms with Gasteiger partial charge in [-0.2, -0.15) is 0 Å². The highest BCUT2D eigenvalue weighted by Crippen LogP contribution is 2.23. The highest BCUT2D eigenvalue weighted by atomic mass is 79.9. The molecule has 0 bridgehead atoms. The summed E-state index contributed by atoms with van der Waals surface area (Å²) in [5.41, 5.74) is 1.31. The summed E-state index contributed by atoms with van der Waals surface area (Å²) >= 11 is 4.60. The predicted molar refractivity (Wildman–Crippen MR) is 78.1 cm³/mol. The van der Waals surface area contributed by atoms with Crippen LogP contribution < -0.4 is 5.32 Å². The molecule has 0 saturated heterocycles. The standard InChI is InChI=1S/C13H10BrNO3S/c1-7-2-3-8(6-9(7)13(17)18)15-12(16)10-4-5-11(14)19-10/h2-6H,1H3,(H,15,16)(H,17,18). The van der Waals surface area contributed by atoms with Gasteiger partial charge in [0.1, 0.15) is 0 Å². The second kappa shape index (κ2) is 5.54. The lowest BCUT2D eigenvalue weighted by molar-refractivity contribution is 0.0695. The molecule has 4 nitrogen and oxygen atoms in total. The molecule has 0 radical (unpaired) electrons. The first-order valence-electron chi connectivity index (χ1n) is 5.38. The number of hydrogen-bond acceptors (Lipinski definition) is 3. The number of carbonyl (C=O) groups is 2. The van der Waals surface area contributed by atoms with E-state index in [0.717, 1.165) is 3.79 Å². The van der Waals surface area contributed by atoms with Crippen molar-refractivity contribution in [2.75, 3.05) is 5.32 Å². The van der Waals surface area contributed by atoms with Crippen LogP contribution in [-0.4, -0.2) is 17.0 Å². The van der Waals surface area contributed by atoms with Gasteiger partial charge in [-0.25, -0.2) is 4.79 Å². The Labute approximate surface area is 122 Å². The Kier molecular flexibility index (Phi) is 4.01. The number of carboxylic acids is 1. The molecule has 0 saturated carbocycles. The number of carbonyl (C=O) groups excluding carboxylic acids is 1. The van der Waals surface area contributed by atoms with Crippen molar-refractivity contribution in [3.63, 3.8) is 0 Å². The summed E-state index contributed by atoms with van der Waals surface area (Å²) in [5.74, 6) is -1.26. The van der Waals surface area contributed by atoms with Crippen molar-refractivity contribution in [3.05, 3.63) is 50.1 Å². The molecule has 0 aliphatic heterocycles. The topological polar surface area (TPSA) is 66.4 Å². The maximum atomic E-state index is 11.9. The van der Waals surface area contributed by atoms with Gasteiger partial charge >= 0.3 is 5.97 Å². The quantitative estimate of drug-likeness (QED) is 0.894. The van der Waals surface area contributed by atoms with Crippen molar-refractivity contribution in [2.24, 2.45) is 0 Å². The summed E-state index contributed by atoms with van der Waals surface area (Å²) in [4.78, 5) is 23.5. The van der Waals surface area contributed by atoms with Crippen LogP contribution in [0.5, 0.6) is 0 Å². The van der Waals surface area contributed by atoms with Crippen LogP contribution in [0, 0.1) is 6.92 Å². The van der Waals surface area contributed by atoms with E-state index < -0.39 is 5.97 Å². The smallest absolute Gasteiger partial charge is 0.336 e. The minimum atomic E-state index is -1.01. The molecule has 0 fully saturated rings.